The number of hydrogen-bond donors (Lipinski definition) is 1. The largest absolute Gasteiger partial charge is 0.450 e. The van der Waals surface area contributed by atoms with E-state index in [9.17, 15) is 4.79 Å². The van der Waals surface area contributed by atoms with Gasteiger partial charge in [-0.25, -0.2) is 4.79 Å². The van der Waals surface area contributed by atoms with Gasteiger partial charge in [-0.15, -0.1) is 0 Å². The highest BCUT2D eigenvalue weighted by Gasteiger charge is 2.13. The molecule has 3 nitrogen and oxygen atoms in total. The number of ether oxygens (including phenoxy) is 1. The van der Waals surface area contributed by atoms with Gasteiger partial charge in [-0.2, -0.15) is 0 Å². The number of rotatable bonds is 2. The fourth-order valence-corrected chi connectivity index (χ4v) is 0.537. The number of alkyl carbamates (subject to hydrolysis) is 1. The quantitative estimate of drug-likeness (QED) is 0.668. The number of hydrogen-bond acceptors (Lipinski definition) is 2. The second kappa shape index (κ2) is 4.21. The van der Waals surface area contributed by atoms with Crippen molar-refractivity contribution < 1.29 is 9.53 Å². The van der Waals surface area contributed by atoms with Crippen molar-refractivity contribution in [2.45, 2.75) is 39.7 Å². The van der Waals surface area contributed by atoms with Crippen LogP contribution in [0.25, 0.3) is 0 Å². The summed E-state index contributed by atoms with van der Waals surface area (Å²) in [5.74, 6) is 0. The molecule has 0 saturated heterocycles. The number of carbonyl (C=O) groups excluding carboxylic acids is 1. The van der Waals surface area contributed by atoms with Gasteiger partial charge in [0, 0.05) is 5.54 Å². The van der Waals surface area contributed by atoms with Crippen molar-refractivity contribution in [2.24, 2.45) is 0 Å². The van der Waals surface area contributed by atoms with Crippen LogP contribution in [0.5, 0.6) is 0 Å². The number of carbonyl (C=O) groups is 1. The third-order valence-electron chi connectivity index (χ3n) is 0.914. The summed E-state index contributed by atoms with van der Waals surface area (Å²) >= 11 is 0. The van der Waals surface area contributed by atoms with Crippen molar-refractivity contribution in [3.63, 3.8) is 0 Å². The molecule has 1 N–H and O–H groups in total. The van der Waals surface area contributed by atoms with Gasteiger partial charge in [0.2, 0.25) is 0 Å². The van der Waals surface area contributed by atoms with E-state index in [1.807, 2.05) is 27.7 Å². The molecule has 0 heterocycles. The summed E-state index contributed by atoms with van der Waals surface area (Å²) in [7, 11) is 0. The Bertz CT molecular complexity index is 127. The number of amides is 1. The molecule has 0 bridgehead atoms. The summed E-state index contributed by atoms with van der Waals surface area (Å²) in [5, 5.41) is 2.69. The highest BCUT2D eigenvalue weighted by atomic mass is 16.5. The third-order valence-corrected chi connectivity index (χ3v) is 0.914. The molecule has 3 heteroatoms. The SMILES string of the molecule is CCCOC(=O)NC(C)(C)C. The van der Waals surface area contributed by atoms with Crippen molar-refractivity contribution in [3.05, 3.63) is 0 Å². The van der Waals surface area contributed by atoms with Gasteiger partial charge >= 0.3 is 6.09 Å². The summed E-state index contributed by atoms with van der Waals surface area (Å²) in [6, 6.07) is 0. The lowest BCUT2D eigenvalue weighted by molar-refractivity contribution is 0.137. The molecule has 0 aromatic carbocycles. The Morgan fingerprint density at radius 2 is 2.00 bits per heavy atom. The Labute approximate surface area is 68.1 Å². The highest BCUT2D eigenvalue weighted by Crippen LogP contribution is 1.98. The number of nitrogens with one attached hydrogen (secondary N) is 1. The fourth-order valence-electron chi connectivity index (χ4n) is 0.537. The summed E-state index contributed by atoms with van der Waals surface area (Å²) in [5.41, 5.74) is -0.204. The Morgan fingerprint density at radius 3 is 2.36 bits per heavy atom. The van der Waals surface area contributed by atoms with Crippen LogP contribution < -0.4 is 5.32 Å². The molecule has 0 unspecified atom stereocenters. The lowest BCUT2D eigenvalue weighted by Crippen LogP contribution is -2.40. The van der Waals surface area contributed by atoms with E-state index in [1.165, 1.54) is 0 Å². The molecule has 0 atom stereocenters. The minimum Gasteiger partial charge on any atom is -0.450 e. The van der Waals surface area contributed by atoms with E-state index >= 15 is 0 Å². The predicted molar refractivity (Wildman–Crippen MR) is 44.5 cm³/mol. The van der Waals surface area contributed by atoms with Crippen LogP contribution in [0.2, 0.25) is 0 Å². The van der Waals surface area contributed by atoms with Crippen LogP contribution in [0, 0.1) is 0 Å². The van der Waals surface area contributed by atoms with E-state index in [4.69, 9.17) is 4.74 Å². The first-order chi connectivity index (χ1) is 4.95. The molecule has 0 fully saturated rings. The maximum absolute atomic E-state index is 10.9. The van der Waals surface area contributed by atoms with Crippen LogP contribution in [0.1, 0.15) is 34.1 Å². The molecule has 0 aliphatic carbocycles. The van der Waals surface area contributed by atoms with Crippen molar-refractivity contribution in [2.75, 3.05) is 6.61 Å². The standard InChI is InChI=1S/C8H17NO2/c1-5-6-11-7(10)9-8(2,3)4/h5-6H2,1-4H3,(H,9,10). The van der Waals surface area contributed by atoms with Gasteiger partial charge < -0.3 is 10.1 Å². The molecule has 11 heavy (non-hydrogen) atoms. The minimum absolute atomic E-state index is 0.204. The molecule has 0 radical (unpaired) electrons. The second-order valence-electron chi connectivity index (χ2n) is 3.51. The molecule has 0 spiro atoms. The zero-order chi connectivity index (χ0) is 8.91. The zero-order valence-electron chi connectivity index (χ0n) is 7.73. The summed E-state index contributed by atoms with van der Waals surface area (Å²) in [6.07, 6.45) is 0.525. The van der Waals surface area contributed by atoms with E-state index in [2.05, 4.69) is 5.32 Å². The molecule has 0 rings (SSSR count). The Kier molecular flexibility index (Phi) is 3.93. The van der Waals surface area contributed by atoms with Crippen LogP contribution in [-0.4, -0.2) is 18.2 Å². The average Bonchev–Trinajstić information content (AvgIpc) is 1.79. The molecule has 0 aromatic heterocycles. The molecule has 0 saturated carbocycles. The van der Waals surface area contributed by atoms with E-state index in [-0.39, 0.29) is 11.6 Å². The van der Waals surface area contributed by atoms with Gasteiger partial charge in [0.1, 0.15) is 0 Å². The van der Waals surface area contributed by atoms with Crippen LogP contribution in [-0.2, 0) is 4.74 Å². The topological polar surface area (TPSA) is 38.3 Å². The first kappa shape index (κ1) is 10.3. The van der Waals surface area contributed by atoms with E-state index in [0.29, 0.717) is 6.61 Å². The smallest absolute Gasteiger partial charge is 0.407 e. The Hall–Kier alpha value is -0.730. The molecule has 0 aliphatic rings. The van der Waals surface area contributed by atoms with E-state index in [0.717, 1.165) is 6.42 Å². The maximum atomic E-state index is 10.9. The van der Waals surface area contributed by atoms with Crippen LogP contribution >= 0.6 is 0 Å². The average molecular weight is 159 g/mol. The summed E-state index contributed by atoms with van der Waals surface area (Å²) in [6.45, 7) is 8.20. The van der Waals surface area contributed by atoms with Crippen molar-refractivity contribution in [3.8, 4) is 0 Å². The molecule has 1 amide bonds. The first-order valence-electron chi connectivity index (χ1n) is 3.90. The third kappa shape index (κ3) is 7.16. The lowest BCUT2D eigenvalue weighted by atomic mass is 10.1. The lowest BCUT2D eigenvalue weighted by Gasteiger charge is -2.19. The Balaban J connectivity index is 3.53. The highest BCUT2D eigenvalue weighted by molar-refractivity contribution is 5.67. The second-order valence-corrected chi connectivity index (χ2v) is 3.51. The molecule has 0 aliphatic heterocycles. The minimum atomic E-state index is -0.334. The molecular weight excluding hydrogens is 142 g/mol. The zero-order valence-corrected chi connectivity index (χ0v) is 7.73. The molecule has 0 aromatic rings. The normalized spacial score (nSPS) is 10.9. The van der Waals surface area contributed by atoms with Crippen molar-refractivity contribution >= 4 is 6.09 Å². The Morgan fingerprint density at radius 1 is 1.45 bits per heavy atom. The van der Waals surface area contributed by atoms with Gasteiger partial charge in [-0.3, -0.25) is 0 Å². The first-order valence-corrected chi connectivity index (χ1v) is 3.90. The summed E-state index contributed by atoms with van der Waals surface area (Å²) < 4.78 is 4.82. The van der Waals surface area contributed by atoms with Crippen molar-refractivity contribution in [1.29, 1.82) is 0 Å². The van der Waals surface area contributed by atoms with Crippen LogP contribution in [0.15, 0.2) is 0 Å². The van der Waals surface area contributed by atoms with E-state index in [1.54, 1.807) is 0 Å². The van der Waals surface area contributed by atoms with E-state index < -0.39 is 0 Å². The van der Waals surface area contributed by atoms with Gasteiger partial charge in [-0.1, -0.05) is 6.92 Å². The van der Waals surface area contributed by atoms with Crippen LogP contribution in [0.3, 0.4) is 0 Å². The van der Waals surface area contributed by atoms with Gasteiger partial charge in [0.25, 0.3) is 0 Å². The summed E-state index contributed by atoms with van der Waals surface area (Å²) in [4.78, 5) is 10.9. The monoisotopic (exact) mass is 159 g/mol. The van der Waals surface area contributed by atoms with Crippen molar-refractivity contribution in [1.82, 2.24) is 5.32 Å². The molecular formula is C8H17NO2. The van der Waals surface area contributed by atoms with Gasteiger partial charge in [0.15, 0.2) is 0 Å². The van der Waals surface area contributed by atoms with Gasteiger partial charge in [0.05, 0.1) is 6.61 Å². The van der Waals surface area contributed by atoms with Crippen LogP contribution in [0.4, 0.5) is 4.79 Å². The fraction of sp³-hybridized carbons (Fsp3) is 0.875. The molecule has 66 valence electrons. The maximum Gasteiger partial charge on any atom is 0.407 e. The predicted octanol–water partition coefficient (Wildman–Crippen LogP) is 1.92. The van der Waals surface area contributed by atoms with Gasteiger partial charge in [-0.05, 0) is 27.2 Å².